The van der Waals surface area contributed by atoms with Crippen LogP contribution in [0.3, 0.4) is 0 Å². The fraction of sp³-hybridized carbons (Fsp3) is 0.250. The van der Waals surface area contributed by atoms with E-state index in [2.05, 4.69) is 79.7 Å². The van der Waals surface area contributed by atoms with Gasteiger partial charge in [-0.25, -0.2) is 0 Å². The second-order valence-corrected chi connectivity index (χ2v) is 7.22. The number of fused-ring (bicyclic) bond motifs is 2. The molecule has 0 spiro atoms. The Morgan fingerprint density at radius 2 is 1.58 bits per heavy atom. The van der Waals surface area contributed by atoms with E-state index in [0.717, 1.165) is 12.0 Å². The van der Waals surface area contributed by atoms with Gasteiger partial charge in [-0.3, -0.25) is 0 Å². The molecular formula is C24H22O2. The van der Waals surface area contributed by atoms with Gasteiger partial charge in [-0.2, -0.15) is 0 Å². The molecule has 3 aromatic carbocycles. The monoisotopic (exact) mass is 342 g/mol. The van der Waals surface area contributed by atoms with Crippen LogP contribution in [0.2, 0.25) is 0 Å². The van der Waals surface area contributed by atoms with E-state index >= 15 is 0 Å². The third kappa shape index (κ3) is 2.33. The van der Waals surface area contributed by atoms with Crippen LogP contribution in [0.15, 0.2) is 66.7 Å². The lowest BCUT2D eigenvalue weighted by Crippen LogP contribution is -2.42. The molecule has 1 aliphatic heterocycles. The second kappa shape index (κ2) is 6.08. The zero-order valence-electron chi connectivity index (χ0n) is 14.9. The molecule has 2 aliphatic rings. The highest BCUT2D eigenvalue weighted by atomic mass is 16.7. The van der Waals surface area contributed by atoms with Gasteiger partial charge in [-0.05, 0) is 39.6 Å². The molecule has 0 N–H and O–H groups in total. The van der Waals surface area contributed by atoms with Crippen LogP contribution >= 0.6 is 0 Å². The summed E-state index contributed by atoms with van der Waals surface area (Å²) >= 11 is 0. The van der Waals surface area contributed by atoms with Crippen molar-refractivity contribution in [1.29, 1.82) is 0 Å². The van der Waals surface area contributed by atoms with Crippen molar-refractivity contribution >= 4 is 22.4 Å². The van der Waals surface area contributed by atoms with E-state index in [1.54, 1.807) is 0 Å². The van der Waals surface area contributed by atoms with E-state index in [-0.39, 0.29) is 0 Å². The number of benzene rings is 3. The lowest BCUT2D eigenvalue weighted by Gasteiger charge is -2.35. The van der Waals surface area contributed by atoms with Gasteiger partial charge >= 0.3 is 0 Å². The molecular weight excluding hydrogens is 320 g/mol. The molecule has 0 bridgehead atoms. The van der Waals surface area contributed by atoms with Crippen molar-refractivity contribution in [3.05, 3.63) is 82.7 Å². The molecule has 3 aromatic rings. The Hall–Kier alpha value is -2.42. The Balaban J connectivity index is 1.81. The maximum atomic E-state index is 6.37. The first-order valence-corrected chi connectivity index (χ1v) is 9.35. The SMILES string of the molecule is CC1CC=c2ccccc2=C1C1(c2ccc3ccccc3c2)OCCO1. The van der Waals surface area contributed by atoms with Crippen molar-refractivity contribution in [1.82, 2.24) is 0 Å². The first-order chi connectivity index (χ1) is 12.8. The van der Waals surface area contributed by atoms with Gasteiger partial charge in [0.05, 0.1) is 13.2 Å². The topological polar surface area (TPSA) is 18.5 Å². The Kier molecular flexibility index (Phi) is 3.70. The summed E-state index contributed by atoms with van der Waals surface area (Å²) < 4.78 is 12.7. The van der Waals surface area contributed by atoms with Gasteiger partial charge in [0, 0.05) is 11.1 Å². The smallest absolute Gasteiger partial charge is 0.219 e. The van der Waals surface area contributed by atoms with Gasteiger partial charge in [0.2, 0.25) is 5.79 Å². The summed E-state index contributed by atoms with van der Waals surface area (Å²) in [5.41, 5.74) is 2.34. The van der Waals surface area contributed by atoms with E-state index in [4.69, 9.17) is 9.47 Å². The van der Waals surface area contributed by atoms with Crippen molar-refractivity contribution < 1.29 is 9.47 Å². The maximum Gasteiger partial charge on any atom is 0.219 e. The first kappa shape index (κ1) is 15.8. The Morgan fingerprint density at radius 1 is 0.846 bits per heavy atom. The van der Waals surface area contributed by atoms with Crippen LogP contribution in [0.25, 0.3) is 22.4 Å². The summed E-state index contributed by atoms with van der Waals surface area (Å²) in [5.74, 6) is -0.414. The molecule has 1 unspecified atom stereocenters. The van der Waals surface area contributed by atoms with Gasteiger partial charge in [-0.15, -0.1) is 0 Å². The van der Waals surface area contributed by atoms with Crippen LogP contribution in [0.4, 0.5) is 0 Å². The highest BCUT2D eigenvalue weighted by Crippen LogP contribution is 2.44. The molecule has 130 valence electrons. The normalized spacial score (nSPS) is 21.4. The van der Waals surface area contributed by atoms with E-state index in [1.807, 2.05) is 0 Å². The Labute approximate surface area is 153 Å². The average molecular weight is 342 g/mol. The summed E-state index contributed by atoms with van der Waals surface area (Å²) in [6, 6.07) is 23.6. The fourth-order valence-electron chi connectivity index (χ4n) is 4.39. The van der Waals surface area contributed by atoms with Gasteiger partial charge in [-0.1, -0.05) is 73.7 Å². The van der Waals surface area contributed by atoms with Crippen molar-refractivity contribution in [2.24, 2.45) is 5.92 Å². The molecule has 5 rings (SSSR count). The van der Waals surface area contributed by atoms with Crippen LogP contribution in [-0.2, 0) is 15.3 Å². The molecule has 1 aliphatic carbocycles. The number of ether oxygens (including phenoxy) is 2. The molecule has 1 saturated heterocycles. The predicted octanol–water partition coefficient (Wildman–Crippen LogP) is 3.71. The molecule has 0 aromatic heterocycles. The minimum Gasteiger partial charge on any atom is -0.340 e. The van der Waals surface area contributed by atoms with Gasteiger partial charge < -0.3 is 9.47 Å². The summed E-state index contributed by atoms with van der Waals surface area (Å²) in [6.07, 6.45) is 3.33. The summed E-state index contributed by atoms with van der Waals surface area (Å²) in [6.45, 7) is 3.51. The minimum absolute atomic E-state index is 0.370. The zero-order valence-corrected chi connectivity index (χ0v) is 14.9. The molecule has 0 saturated carbocycles. The fourth-order valence-corrected chi connectivity index (χ4v) is 4.39. The highest BCUT2D eigenvalue weighted by Gasteiger charge is 2.45. The van der Waals surface area contributed by atoms with E-state index in [0.29, 0.717) is 19.1 Å². The molecule has 2 nitrogen and oxygen atoms in total. The quantitative estimate of drug-likeness (QED) is 0.707. The first-order valence-electron chi connectivity index (χ1n) is 9.35. The molecule has 1 fully saturated rings. The minimum atomic E-state index is -0.784. The van der Waals surface area contributed by atoms with Gasteiger partial charge in [0.25, 0.3) is 0 Å². The van der Waals surface area contributed by atoms with Crippen LogP contribution in [0, 0.1) is 5.92 Å². The van der Waals surface area contributed by atoms with Gasteiger partial charge in [0.15, 0.2) is 0 Å². The number of rotatable bonds is 2. The Bertz CT molecular complexity index is 1090. The van der Waals surface area contributed by atoms with E-state index < -0.39 is 5.79 Å². The largest absolute Gasteiger partial charge is 0.340 e. The summed E-state index contributed by atoms with van der Waals surface area (Å²) in [5, 5.41) is 4.98. The zero-order chi connectivity index (χ0) is 17.6. The lowest BCUT2D eigenvalue weighted by molar-refractivity contribution is -0.119. The van der Waals surface area contributed by atoms with Crippen molar-refractivity contribution in [3.63, 3.8) is 0 Å². The molecule has 1 atom stereocenters. The molecule has 26 heavy (non-hydrogen) atoms. The van der Waals surface area contributed by atoms with Crippen molar-refractivity contribution in [2.45, 2.75) is 19.1 Å². The third-order valence-electron chi connectivity index (χ3n) is 5.61. The molecule has 0 amide bonds. The second-order valence-electron chi connectivity index (χ2n) is 7.22. The van der Waals surface area contributed by atoms with Crippen LogP contribution in [0.5, 0.6) is 0 Å². The summed E-state index contributed by atoms with van der Waals surface area (Å²) in [7, 11) is 0. The maximum absolute atomic E-state index is 6.37. The van der Waals surface area contributed by atoms with Crippen molar-refractivity contribution in [2.75, 3.05) is 13.2 Å². The highest BCUT2D eigenvalue weighted by molar-refractivity contribution is 5.84. The molecule has 1 heterocycles. The standard InChI is InChI=1S/C24H22O2/c1-17-10-11-19-7-4-5-9-22(19)23(17)24(25-14-15-26-24)21-13-12-18-6-2-3-8-20(18)16-21/h2-9,11-13,16-17H,10,14-15H2,1H3. The van der Waals surface area contributed by atoms with Crippen LogP contribution in [-0.4, -0.2) is 13.2 Å². The van der Waals surface area contributed by atoms with Crippen LogP contribution < -0.4 is 10.4 Å². The van der Waals surface area contributed by atoms with Gasteiger partial charge in [0.1, 0.15) is 0 Å². The predicted molar refractivity (Wildman–Crippen MR) is 105 cm³/mol. The van der Waals surface area contributed by atoms with Crippen LogP contribution in [0.1, 0.15) is 18.9 Å². The summed E-state index contributed by atoms with van der Waals surface area (Å²) in [4.78, 5) is 0. The number of hydrogen-bond acceptors (Lipinski definition) is 2. The molecule has 0 radical (unpaired) electrons. The lowest BCUT2D eigenvalue weighted by atomic mass is 9.81. The third-order valence-corrected chi connectivity index (χ3v) is 5.61. The van der Waals surface area contributed by atoms with Crippen molar-refractivity contribution in [3.8, 4) is 0 Å². The number of hydrogen-bond donors (Lipinski definition) is 0. The van der Waals surface area contributed by atoms with E-state index in [9.17, 15) is 0 Å². The Morgan fingerprint density at radius 3 is 2.42 bits per heavy atom. The van der Waals surface area contributed by atoms with E-state index in [1.165, 1.54) is 26.8 Å². The average Bonchev–Trinajstić information content (AvgIpc) is 3.18. The molecule has 2 heteroatoms.